The van der Waals surface area contributed by atoms with Gasteiger partial charge in [-0.05, 0) is 24.3 Å². The second-order valence-electron chi connectivity index (χ2n) is 3.81. The number of hydrogen-bond donors (Lipinski definition) is 1. The van der Waals surface area contributed by atoms with E-state index in [9.17, 15) is 13.2 Å². The van der Waals surface area contributed by atoms with E-state index in [1.807, 2.05) is 0 Å². The molecule has 0 aromatic heterocycles. The van der Waals surface area contributed by atoms with Gasteiger partial charge in [0, 0.05) is 17.8 Å². The second-order valence-corrected chi connectivity index (χ2v) is 4.62. The van der Waals surface area contributed by atoms with E-state index < -0.39 is 17.5 Å². The van der Waals surface area contributed by atoms with Crippen molar-refractivity contribution in [2.45, 2.75) is 6.54 Å². The molecule has 0 amide bonds. The van der Waals surface area contributed by atoms with Crippen molar-refractivity contribution < 1.29 is 13.2 Å². The van der Waals surface area contributed by atoms with Crippen LogP contribution >= 0.6 is 23.2 Å². The summed E-state index contributed by atoms with van der Waals surface area (Å²) in [7, 11) is 0. The van der Waals surface area contributed by atoms with Crippen molar-refractivity contribution in [1.29, 1.82) is 0 Å². The van der Waals surface area contributed by atoms with E-state index in [2.05, 4.69) is 5.32 Å². The summed E-state index contributed by atoms with van der Waals surface area (Å²) in [5.41, 5.74) is 0.262. The molecule has 2 aromatic rings. The van der Waals surface area contributed by atoms with Crippen LogP contribution in [-0.2, 0) is 6.54 Å². The van der Waals surface area contributed by atoms with E-state index in [0.29, 0.717) is 5.69 Å². The minimum atomic E-state index is -0.731. The molecule has 0 heterocycles. The molecular formula is C13H8Cl2F3N. The van der Waals surface area contributed by atoms with Gasteiger partial charge in [0.25, 0.3) is 0 Å². The molecule has 0 radical (unpaired) electrons. The highest BCUT2D eigenvalue weighted by molar-refractivity contribution is 6.35. The van der Waals surface area contributed by atoms with Gasteiger partial charge in [-0.25, -0.2) is 13.2 Å². The van der Waals surface area contributed by atoms with Crippen molar-refractivity contribution >= 4 is 28.9 Å². The molecular weight excluding hydrogens is 298 g/mol. The maximum absolute atomic E-state index is 13.4. The van der Waals surface area contributed by atoms with Crippen LogP contribution in [0.3, 0.4) is 0 Å². The zero-order valence-corrected chi connectivity index (χ0v) is 11.0. The third-order valence-electron chi connectivity index (χ3n) is 2.51. The quantitative estimate of drug-likeness (QED) is 0.785. The Kier molecular flexibility index (Phi) is 4.22. The molecule has 0 saturated carbocycles. The molecule has 1 N–H and O–H groups in total. The van der Waals surface area contributed by atoms with Crippen molar-refractivity contribution in [2.24, 2.45) is 0 Å². The zero-order chi connectivity index (χ0) is 14.0. The molecule has 0 aliphatic heterocycles. The van der Waals surface area contributed by atoms with Crippen LogP contribution in [-0.4, -0.2) is 0 Å². The fraction of sp³-hybridized carbons (Fsp3) is 0.0769. The van der Waals surface area contributed by atoms with Gasteiger partial charge in [-0.3, -0.25) is 0 Å². The van der Waals surface area contributed by atoms with Crippen molar-refractivity contribution in [1.82, 2.24) is 0 Å². The standard InChI is InChI=1S/C13H8Cl2F3N/c14-9-4-7(5-10(15)13(9)18)19-6-8-11(16)2-1-3-12(8)17/h1-5,19H,6H2. The van der Waals surface area contributed by atoms with Gasteiger partial charge in [-0.15, -0.1) is 0 Å². The van der Waals surface area contributed by atoms with Gasteiger partial charge in [0.05, 0.1) is 10.0 Å². The third-order valence-corrected chi connectivity index (χ3v) is 3.06. The molecule has 1 nitrogen and oxygen atoms in total. The predicted octanol–water partition coefficient (Wildman–Crippen LogP) is 5.02. The largest absolute Gasteiger partial charge is 0.381 e. The molecule has 0 unspecified atom stereocenters. The Hall–Kier alpha value is -1.39. The summed E-state index contributed by atoms with van der Waals surface area (Å²) >= 11 is 11.2. The molecule has 0 aliphatic rings. The molecule has 19 heavy (non-hydrogen) atoms. The zero-order valence-electron chi connectivity index (χ0n) is 9.48. The Morgan fingerprint density at radius 3 is 2.00 bits per heavy atom. The van der Waals surface area contributed by atoms with Gasteiger partial charge in [-0.2, -0.15) is 0 Å². The number of nitrogens with one attached hydrogen (secondary N) is 1. The lowest BCUT2D eigenvalue weighted by Crippen LogP contribution is -2.04. The van der Waals surface area contributed by atoms with Crippen LogP contribution in [0, 0.1) is 17.5 Å². The normalized spacial score (nSPS) is 10.6. The lowest BCUT2D eigenvalue weighted by atomic mass is 10.2. The first-order valence-electron chi connectivity index (χ1n) is 5.30. The van der Waals surface area contributed by atoms with Crippen LogP contribution in [0.5, 0.6) is 0 Å². The lowest BCUT2D eigenvalue weighted by Gasteiger charge is -2.09. The Labute approximate surface area is 118 Å². The minimum Gasteiger partial charge on any atom is -0.381 e. The predicted molar refractivity (Wildman–Crippen MR) is 70.1 cm³/mol. The first-order chi connectivity index (χ1) is 8.99. The Balaban J connectivity index is 2.19. The van der Waals surface area contributed by atoms with Crippen molar-refractivity contribution in [3.8, 4) is 0 Å². The van der Waals surface area contributed by atoms with E-state index in [-0.39, 0.29) is 22.2 Å². The van der Waals surface area contributed by atoms with Crippen LogP contribution in [0.25, 0.3) is 0 Å². The highest BCUT2D eigenvalue weighted by Gasteiger charge is 2.10. The summed E-state index contributed by atoms with van der Waals surface area (Å²) in [4.78, 5) is 0. The van der Waals surface area contributed by atoms with Gasteiger partial charge >= 0.3 is 0 Å². The van der Waals surface area contributed by atoms with E-state index in [1.165, 1.54) is 18.2 Å². The smallest absolute Gasteiger partial charge is 0.160 e. The van der Waals surface area contributed by atoms with Crippen LogP contribution in [0.4, 0.5) is 18.9 Å². The molecule has 0 atom stereocenters. The van der Waals surface area contributed by atoms with E-state index in [4.69, 9.17) is 23.2 Å². The van der Waals surface area contributed by atoms with E-state index in [1.54, 1.807) is 0 Å². The molecule has 0 aliphatic carbocycles. The fourth-order valence-electron chi connectivity index (χ4n) is 1.55. The minimum absolute atomic E-state index is 0.100. The number of anilines is 1. The van der Waals surface area contributed by atoms with Crippen molar-refractivity contribution in [2.75, 3.05) is 5.32 Å². The van der Waals surface area contributed by atoms with Crippen molar-refractivity contribution in [3.05, 3.63) is 63.4 Å². The molecule has 2 rings (SSSR count). The summed E-state index contributed by atoms with van der Waals surface area (Å²) in [6.45, 7) is -0.100. The van der Waals surface area contributed by atoms with Crippen LogP contribution in [0.2, 0.25) is 10.0 Å². The monoisotopic (exact) mass is 305 g/mol. The maximum atomic E-state index is 13.4. The summed E-state index contributed by atoms with van der Waals surface area (Å²) in [5, 5.41) is 2.41. The molecule has 100 valence electrons. The van der Waals surface area contributed by atoms with Gasteiger partial charge in [0.1, 0.15) is 11.6 Å². The molecule has 0 bridgehead atoms. The summed E-state index contributed by atoms with van der Waals surface area (Å²) < 4.78 is 40.0. The highest BCUT2D eigenvalue weighted by Crippen LogP contribution is 2.27. The first-order valence-corrected chi connectivity index (χ1v) is 6.06. The number of hydrogen-bond acceptors (Lipinski definition) is 1. The highest BCUT2D eigenvalue weighted by atomic mass is 35.5. The third kappa shape index (κ3) is 3.14. The fourth-order valence-corrected chi connectivity index (χ4v) is 2.04. The van der Waals surface area contributed by atoms with Crippen LogP contribution < -0.4 is 5.32 Å². The molecule has 0 fully saturated rings. The summed E-state index contributed by atoms with van der Waals surface area (Å²) in [6, 6.07) is 6.18. The molecule has 0 spiro atoms. The average Bonchev–Trinajstić information content (AvgIpc) is 2.35. The van der Waals surface area contributed by atoms with E-state index >= 15 is 0 Å². The molecule has 6 heteroatoms. The van der Waals surface area contributed by atoms with Gasteiger partial charge in [-0.1, -0.05) is 29.3 Å². The van der Waals surface area contributed by atoms with Gasteiger partial charge in [0.15, 0.2) is 5.82 Å². The summed E-state index contributed by atoms with van der Waals surface area (Å²) in [5.74, 6) is -2.05. The average molecular weight is 306 g/mol. The Morgan fingerprint density at radius 2 is 1.47 bits per heavy atom. The van der Waals surface area contributed by atoms with Crippen molar-refractivity contribution in [3.63, 3.8) is 0 Å². The van der Waals surface area contributed by atoms with Gasteiger partial charge < -0.3 is 5.32 Å². The van der Waals surface area contributed by atoms with Crippen LogP contribution in [0.1, 0.15) is 5.56 Å². The van der Waals surface area contributed by atoms with Crippen LogP contribution in [0.15, 0.2) is 30.3 Å². The SMILES string of the molecule is Fc1cccc(F)c1CNc1cc(Cl)c(F)c(Cl)c1. The topological polar surface area (TPSA) is 12.0 Å². The Bertz CT molecular complexity index is 574. The summed E-state index contributed by atoms with van der Waals surface area (Å²) in [6.07, 6.45) is 0. The number of benzene rings is 2. The molecule has 2 aromatic carbocycles. The lowest BCUT2D eigenvalue weighted by molar-refractivity contribution is 0.560. The number of rotatable bonds is 3. The first kappa shape index (κ1) is 14.0. The second kappa shape index (κ2) is 5.72. The van der Waals surface area contributed by atoms with E-state index in [0.717, 1.165) is 12.1 Å². The Morgan fingerprint density at radius 1 is 0.947 bits per heavy atom. The molecule has 0 saturated heterocycles. The van der Waals surface area contributed by atoms with Gasteiger partial charge in [0.2, 0.25) is 0 Å². The number of halogens is 5. The maximum Gasteiger partial charge on any atom is 0.160 e.